The Morgan fingerprint density at radius 1 is 0.511 bits per heavy atom. The molecule has 2 N–H and O–H groups in total. The summed E-state index contributed by atoms with van der Waals surface area (Å²) in [5.41, 5.74) is 9.56. The van der Waals surface area contributed by atoms with E-state index in [1.54, 1.807) is 0 Å². The van der Waals surface area contributed by atoms with Crippen LogP contribution >= 0.6 is 0 Å². The first kappa shape index (κ1) is 33.5. The third-order valence-electron chi connectivity index (χ3n) is 9.34. The lowest BCUT2D eigenvalue weighted by Crippen LogP contribution is -2.21. The van der Waals surface area contributed by atoms with E-state index in [-0.39, 0.29) is 22.6 Å². The second-order valence-corrected chi connectivity index (χ2v) is 13.3. The van der Waals surface area contributed by atoms with Crippen LogP contribution in [0.4, 0.5) is 11.4 Å². The van der Waals surface area contributed by atoms with Crippen LogP contribution in [0.2, 0.25) is 6.82 Å². The fourth-order valence-electron chi connectivity index (χ4n) is 5.90. The highest BCUT2D eigenvalue weighted by Gasteiger charge is 2.27. The number of carbonyl (C=O) groups is 2. The molecule has 0 atom stereocenters. The van der Waals surface area contributed by atoms with Crippen molar-refractivity contribution in [3.63, 3.8) is 0 Å². The lowest BCUT2D eigenvalue weighted by molar-refractivity contribution is 0.101. The molecule has 2 amide bonds. The molecule has 5 rings (SSSR count). The zero-order valence-electron chi connectivity index (χ0n) is 28.4. The average Bonchev–Trinajstić information content (AvgIpc) is 3.09. The minimum Gasteiger partial charge on any atom is -0.322 e. The fourth-order valence-corrected chi connectivity index (χ4v) is 5.90. The minimum absolute atomic E-state index is 0.107. The molecule has 5 aromatic rings. The first-order chi connectivity index (χ1) is 22.5. The Morgan fingerprint density at radius 3 is 1.15 bits per heavy atom. The highest BCUT2D eigenvalue weighted by Crippen LogP contribution is 2.36. The van der Waals surface area contributed by atoms with Gasteiger partial charge in [-0.1, -0.05) is 126 Å². The third kappa shape index (κ3) is 7.74. The fraction of sp³-hybridized carbons (Fsp3) is 0.238. The number of anilines is 2. The monoisotopic (exact) mass is 619 g/mol. The second-order valence-electron chi connectivity index (χ2n) is 13.3. The summed E-state index contributed by atoms with van der Waals surface area (Å²) in [7, 11) is 2.10. The molecule has 0 fully saturated rings. The highest BCUT2D eigenvalue weighted by molar-refractivity contribution is 6.32. The van der Waals surface area contributed by atoms with Gasteiger partial charge in [0.25, 0.3) is 11.8 Å². The summed E-state index contributed by atoms with van der Waals surface area (Å²) in [6.45, 7) is 13.0. The molecule has 0 unspecified atom stereocenters. The van der Waals surface area contributed by atoms with Crippen molar-refractivity contribution in [3.8, 4) is 0 Å². The molecule has 0 aliphatic rings. The van der Waals surface area contributed by atoms with Gasteiger partial charge in [-0.2, -0.15) is 0 Å². The van der Waals surface area contributed by atoms with Crippen LogP contribution < -0.4 is 10.6 Å². The van der Waals surface area contributed by atoms with Gasteiger partial charge in [0.05, 0.1) is 0 Å². The summed E-state index contributed by atoms with van der Waals surface area (Å²) in [5.74, 6) is -0.219. The predicted octanol–water partition coefficient (Wildman–Crippen LogP) is 9.66. The molecular formula is C42H44BN2O2. The maximum Gasteiger partial charge on any atom is 0.255 e. The molecule has 0 aromatic heterocycles. The summed E-state index contributed by atoms with van der Waals surface area (Å²) < 4.78 is 0. The van der Waals surface area contributed by atoms with Crippen molar-refractivity contribution in [1.29, 1.82) is 0 Å². The Kier molecular flexibility index (Phi) is 10.1. The molecule has 4 nitrogen and oxygen atoms in total. The summed E-state index contributed by atoms with van der Waals surface area (Å²) in [5, 5.41) is 6.04. The van der Waals surface area contributed by atoms with Crippen molar-refractivity contribution in [2.45, 2.75) is 65.0 Å². The van der Waals surface area contributed by atoms with Crippen molar-refractivity contribution in [2.75, 3.05) is 10.6 Å². The van der Waals surface area contributed by atoms with Gasteiger partial charge in [-0.25, -0.2) is 0 Å². The molecule has 47 heavy (non-hydrogen) atoms. The smallest absolute Gasteiger partial charge is 0.255 e. The van der Waals surface area contributed by atoms with Crippen molar-refractivity contribution >= 4 is 30.5 Å². The van der Waals surface area contributed by atoms with Gasteiger partial charge in [-0.3, -0.25) is 9.59 Å². The molecule has 237 valence electrons. The van der Waals surface area contributed by atoms with E-state index in [0.29, 0.717) is 11.1 Å². The van der Waals surface area contributed by atoms with Crippen LogP contribution in [0.5, 0.6) is 0 Å². The van der Waals surface area contributed by atoms with Crippen LogP contribution in [0.3, 0.4) is 0 Å². The van der Waals surface area contributed by atoms with Crippen molar-refractivity contribution in [3.05, 3.63) is 166 Å². The summed E-state index contributed by atoms with van der Waals surface area (Å²) in [6, 6.07) is 40.6. The van der Waals surface area contributed by atoms with Crippen LogP contribution in [-0.4, -0.2) is 19.1 Å². The third-order valence-corrected chi connectivity index (χ3v) is 9.34. The maximum atomic E-state index is 12.8. The van der Waals surface area contributed by atoms with Gasteiger partial charge in [0.2, 0.25) is 0 Å². The van der Waals surface area contributed by atoms with Crippen LogP contribution in [0, 0.1) is 0 Å². The number of hydrogen-bond acceptors (Lipinski definition) is 2. The summed E-state index contributed by atoms with van der Waals surface area (Å²) in [6.07, 6.45) is 1.84. The van der Waals surface area contributed by atoms with Gasteiger partial charge in [0, 0.05) is 33.3 Å². The molecule has 0 saturated heterocycles. The van der Waals surface area contributed by atoms with Gasteiger partial charge in [0.15, 0.2) is 0 Å². The predicted molar refractivity (Wildman–Crippen MR) is 197 cm³/mol. The molecule has 0 aliphatic heterocycles. The summed E-state index contributed by atoms with van der Waals surface area (Å²) >= 11 is 0. The van der Waals surface area contributed by atoms with E-state index in [1.165, 1.54) is 33.4 Å². The lowest BCUT2D eigenvalue weighted by atomic mass is 9.74. The Bertz CT molecular complexity index is 1810. The molecule has 0 heterocycles. The van der Waals surface area contributed by atoms with E-state index in [9.17, 15) is 9.59 Å². The quantitative estimate of drug-likeness (QED) is 0.145. The largest absolute Gasteiger partial charge is 0.322 e. The zero-order valence-corrected chi connectivity index (χ0v) is 28.4. The van der Waals surface area contributed by atoms with Crippen LogP contribution in [0.15, 0.2) is 121 Å². The molecule has 5 heteroatoms. The maximum absolute atomic E-state index is 12.8. The Morgan fingerprint density at radius 2 is 0.830 bits per heavy atom. The topological polar surface area (TPSA) is 58.2 Å². The highest BCUT2D eigenvalue weighted by atomic mass is 16.2. The normalized spacial score (nSPS) is 11.5. The van der Waals surface area contributed by atoms with Crippen molar-refractivity contribution < 1.29 is 9.59 Å². The number of hydrogen-bond donors (Lipinski definition) is 2. The number of nitrogens with one attached hydrogen (secondary N) is 2. The SMILES string of the molecule is C[B]Cc1ccc(C(=O)Nc2ccc(C(C)(C)c3ccc(C(C)(C)c4ccc(NC(=O)c5ccc(CC)cc5)cc4)cc3)cc2)cc1. The molecular weight excluding hydrogens is 575 g/mol. The molecule has 1 radical (unpaired) electrons. The Hall–Kier alpha value is -4.90. The van der Waals surface area contributed by atoms with E-state index < -0.39 is 0 Å². The van der Waals surface area contributed by atoms with Crippen LogP contribution in [0.1, 0.15) is 88.7 Å². The molecule has 0 spiro atoms. The lowest BCUT2D eigenvalue weighted by Gasteiger charge is -2.30. The molecule has 0 saturated carbocycles. The average molecular weight is 620 g/mol. The Labute approximate surface area is 280 Å². The first-order valence-electron chi connectivity index (χ1n) is 16.4. The number of rotatable bonds is 11. The number of carbonyl (C=O) groups excluding carboxylic acids is 2. The minimum atomic E-state index is -0.228. The van der Waals surface area contributed by atoms with E-state index in [2.05, 4.69) is 101 Å². The van der Waals surface area contributed by atoms with Gasteiger partial charge in [-0.15, -0.1) is 0 Å². The number of amides is 2. The summed E-state index contributed by atoms with van der Waals surface area (Å²) in [4.78, 5) is 25.5. The number of aryl methyl sites for hydroxylation is 1. The Balaban J connectivity index is 1.23. The van der Waals surface area contributed by atoms with E-state index in [0.717, 1.165) is 24.1 Å². The van der Waals surface area contributed by atoms with Gasteiger partial charge < -0.3 is 10.6 Å². The van der Waals surface area contributed by atoms with Gasteiger partial charge >= 0.3 is 0 Å². The van der Waals surface area contributed by atoms with Gasteiger partial charge in [-0.05, 0) is 82.8 Å². The van der Waals surface area contributed by atoms with E-state index in [1.807, 2.05) is 79.6 Å². The van der Waals surface area contributed by atoms with Crippen molar-refractivity contribution in [1.82, 2.24) is 0 Å². The van der Waals surface area contributed by atoms with E-state index in [4.69, 9.17) is 0 Å². The first-order valence-corrected chi connectivity index (χ1v) is 16.4. The van der Waals surface area contributed by atoms with Crippen molar-refractivity contribution in [2.24, 2.45) is 0 Å². The zero-order chi connectivity index (χ0) is 33.6. The van der Waals surface area contributed by atoms with Gasteiger partial charge in [0.1, 0.15) is 7.28 Å². The second kappa shape index (κ2) is 14.3. The molecule has 0 bridgehead atoms. The molecule has 5 aromatic carbocycles. The molecule has 0 aliphatic carbocycles. The van der Waals surface area contributed by atoms with Crippen LogP contribution in [0.25, 0.3) is 0 Å². The standard InChI is InChI=1S/C42H44BN2O2/c1-7-29-8-12-31(13-9-29)39(46)44-37-24-20-35(21-25-37)41(2,3)33-16-18-34(19-17-33)42(4,5)36-22-26-38(27-23-36)45-40(47)32-14-10-30(11-15-32)28-43-6/h8-27H,7,28H2,1-6H3,(H,44,46)(H,45,47). The van der Waals surface area contributed by atoms with Crippen LogP contribution in [-0.2, 0) is 23.6 Å². The van der Waals surface area contributed by atoms with E-state index >= 15 is 0 Å². The number of benzene rings is 5.